The maximum Gasteiger partial charge on any atom is 0.243 e. The topological polar surface area (TPSA) is 40.6 Å². The van der Waals surface area contributed by atoms with Gasteiger partial charge in [-0.15, -0.1) is 22.9 Å². The Morgan fingerprint density at radius 2 is 2.00 bits per heavy atom. The number of halogens is 1. The lowest BCUT2D eigenvalue weighted by molar-refractivity contribution is -0.141. The summed E-state index contributed by atoms with van der Waals surface area (Å²) in [6.45, 7) is 6.61. The lowest BCUT2D eigenvalue weighted by Crippen LogP contribution is -2.49. The molecule has 0 aliphatic carbocycles. The third-order valence-corrected chi connectivity index (χ3v) is 6.36. The molecule has 2 heterocycles. The lowest BCUT2D eigenvalue weighted by Gasteiger charge is -2.38. The van der Waals surface area contributed by atoms with E-state index in [-0.39, 0.29) is 36.3 Å². The number of amides is 2. The Labute approximate surface area is 169 Å². The molecule has 0 fully saturated rings. The number of rotatable bonds is 5. The molecule has 0 radical (unpaired) electrons. The average molecular weight is 405 g/mol. The van der Waals surface area contributed by atoms with E-state index in [0.29, 0.717) is 6.54 Å². The van der Waals surface area contributed by atoms with Gasteiger partial charge < -0.3 is 9.80 Å². The van der Waals surface area contributed by atoms with Crippen molar-refractivity contribution in [1.82, 2.24) is 9.80 Å². The van der Waals surface area contributed by atoms with Crippen molar-refractivity contribution in [2.45, 2.75) is 39.3 Å². The molecule has 0 N–H and O–H groups in total. The molecule has 1 atom stereocenters. The zero-order chi connectivity index (χ0) is 19.6. The zero-order valence-corrected chi connectivity index (χ0v) is 17.5. The molecule has 1 aromatic carbocycles. The second-order valence-electron chi connectivity index (χ2n) is 7.14. The van der Waals surface area contributed by atoms with Crippen LogP contribution >= 0.6 is 22.9 Å². The van der Waals surface area contributed by atoms with Crippen LogP contribution in [0, 0.1) is 6.92 Å². The second-order valence-corrected chi connectivity index (χ2v) is 8.41. The van der Waals surface area contributed by atoms with Crippen molar-refractivity contribution < 1.29 is 9.59 Å². The van der Waals surface area contributed by atoms with Gasteiger partial charge in [0.1, 0.15) is 12.4 Å². The molecule has 1 aliphatic rings. The van der Waals surface area contributed by atoms with Gasteiger partial charge in [-0.2, -0.15) is 0 Å². The van der Waals surface area contributed by atoms with Crippen LogP contribution in [0.1, 0.15) is 41.5 Å². The van der Waals surface area contributed by atoms with Crippen LogP contribution in [0.25, 0.3) is 0 Å². The first-order valence-corrected chi connectivity index (χ1v) is 10.6. The van der Waals surface area contributed by atoms with Gasteiger partial charge in [0, 0.05) is 17.5 Å². The molecule has 0 saturated carbocycles. The van der Waals surface area contributed by atoms with Gasteiger partial charge in [-0.3, -0.25) is 9.59 Å². The van der Waals surface area contributed by atoms with E-state index in [4.69, 9.17) is 11.6 Å². The van der Waals surface area contributed by atoms with Gasteiger partial charge in [-0.1, -0.05) is 24.3 Å². The molecule has 3 rings (SSSR count). The molecule has 0 bridgehead atoms. The SMILES string of the molecule is Cc1ccccc1[C@H]1c2ccsc2CCN1C(=O)CN(C(=O)CCl)C(C)C. The smallest absolute Gasteiger partial charge is 0.243 e. The summed E-state index contributed by atoms with van der Waals surface area (Å²) in [5, 5.41) is 2.10. The molecular formula is C21H25ClN2O2S. The van der Waals surface area contributed by atoms with E-state index in [1.165, 1.54) is 10.4 Å². The van der Waals surface area contributed by atoms with Gasteiger partial charge in [0.15, 0.2) is 0 Å². The quantitative estimate of drug-likeness (QED) is 0.706. The van der Waals surface area contributed by atoms with Crippen molar-refractivity contribution in [2.24, 2.45) is 0 Å². The van der Waals surface area contributed by atoms with Crippen LogP contribution in [0.4, 0.5) is 0 Å². The maximum atomic E-state index is 13.3. The first-order chi connectivity index (χ1) is 12.9. The van der Waals surface area contributed by atoms with Gasteiger partial charge >= 0.3 is 0 Å². The number of carbonyl (C=O) groups is 2. The van der Waals surface area contributed by atoms with E-state index in [0.717, 1.165) is 17.5 Å². The Morgan fingerprint density at radius 1 is 1.26 bits per heavy atom. The van der Waals surface area contributed by atoms with E-state index < -0.39 is 0 Å². The monoisotopic (exact) mass is 404 g/mol. The van der Waals surface area contributed by atoms with Gasteiger partial charge in [0.05, 0.1) is 6.04 Å². The highest BCUT2D eigenvalue weighted by molar-refractivity contribution is 7.10. The number of thiophene rings is 1. The number of benzene rings is 1. The van der Waals surface area contributed by atoms with Crippen LogP contribution in [-0.2, 0) is 16.0 Å². The summed E-state index contributed by atoms with van der Waals surface area (Å²) in [6, 6.07) is 10.2. The number of hydrogen-bond acceptors (Lipinski definition) is 3. The Morgan fingerprint density at radius 3 is 2.67 bits per heavy atom. The first-order valence-electron chi connectivity index (χ1n) is 9.20. The molecule has 1 aliphatic heterocycles. The van der Waals surface area contributed by atoms with E-state index >= 15 is 0 Å². The van der Waals surface area contributed by atoms with Gasteiger partial charge in [0.25, 0.3) is 0 Å². The zero-order valence-electron chi connectivity index (χ0n) is 15.9. The minimum Gasteiger partial charge on any atom is -0.330 e. The fourth-order valence-corrected chi connectivity index (χ4v) is 4.74. The number of hydrogen-bond donors (Lipinski definition) is 0. The Bertz CT molecular complexity index is 833. The molecule has 144 valence electrons. The maximum absolute atomic E-state index is 13.3. The summed E-state index contributed by atoms with van der Waals surface area (Å²) < 4.78 is 0. The number of nitrogens with zero attached hydrogens (tertiary/aromatic N) is 2. The van der Waals surface area contributed by atoms with Crippen molar-refractivity contribution >= 4 is 34.8 Å². The molecule has 2 aromatic rings. The highest BCUT2D eigenvalue weighted by Crippen LogP contribution is 2.39. The minimum atomic E-state index is -0.208. The van der Waals surface area contributed by atoms with Gasteiger partial charge in [-0.25, -0.2) is 0 Å². The highest BCUT2D eigenvalue weighted by Gasteiger charge is 2.34. The average Bonchev–Trinajstić information content (AvgIpc) is 3.13. The minimum absolute atomic E-state index is 0.0349. The van der Waals surface area contributed by atoms with Crippen LogP contribution in [-0.4, -0.2) is 46.6 Å². The van der Waals surface area contributed by atoms with E-state index in [1.807, 2.05) is 30.9 Å². The molecule has 2 amide bonds. The molecule has 0 spiro atoms. The van der Waals surface area contributed by atoms with Crippen molar-refractivity contribution in [2.75, 3.05) is 19.0 Å². The first kappa shape index (κ1) is 19.9. The summed E-state index contributed by atoms with van der Waals surface area (Å²) in [5.41, 5.74) is 3.51. The normalized spacial score (nSPS) is 16.3. The predicted octanol–water partition coefficient (Wildman–Crippen LogP) is 4.01. The van der Waals surface area contributed by atoms with Crippen molar-refractivity contribution in [3.63, 3.8) is 0 Å². The molecule has 0 saturated heterocycles. The van der Waals surface area contributed by atoms with Gasteiger partial charge in [-0.05, 0) is 55.3 Å². The largest absolute Gasteiger partial charge is 0.330 e. The number of carbonyl (C=O) groups excluding carboxylic acids is 2. The fourth-order valence-electron chi connectivity index (χ4n) is 3.69. The standard InChI is InChI=1S/C21H25ClN2O2S/c1-14(2)24(19(25)12-22)13-20(26)23-10-8-18-17(9-11-27-18)21(23)16-7-5-4-6-15(16)3/h4-7,9,11,14,21H,8,10,12-13H2,1-3H3/t21-/m0/s1. The van der Waals surface area contributed by atoms with E-state index in [1.54, 1.807) is 16.2 Å². The van der Waals surface area contributed by atoms with E-state index in [9.17, 15) is 9.59 Å². The highest BCUT2D eigenvalue weighted by atomic mass is 35.5. The van der Waals surface area contributed by atoms with Crippen molar-refractivity contribution in [3.8, 4) is 0 Å². The second kappa shape index (κ2) is 8.44. The predicted molar refractivity (Wildman–Crippen MR) is 110 cm³/mol. The molecule has 6 heteroatoms. The van der Waals surface area contributed by atoms with Crippen molar-refractivity contribution in [3.05, 3.63) is 57.3 Å². The van der Waals surface area contributed by atoms with E-state index in [2.05, 4.69) is 30.5 Å². The fraction of sp³-hybridized carbons (Fsp3) is 0.429. The van der Waals surface area contributed by atoms with Crippen LogP contribution in [0.15, 0.2) is 35.7 Å². The van der Waals surface area contributed by atoms with Crippen molar-refractivity contribution in [1.29, 1.82) is 0 Å². The third kappa shape index (κ3) is 4.04. The summed E-state index contributed by atoms with van der Waals surface area (Å²) in [4.78, 5) is 30.2. The van der Waals surface area contributed by atoms with Crippen LogP contribution in [0.5, 0.6) is 0 Å². The molecule has 4 nitrogen and oxygen atoms in total. The Balaban J connectivity index is 1.95. The summed E-state index contributed by atoms with van der Waals surface area (Å²) >= 11 is 7.49. The van der Waals surface area contributed by atoms with Crippen LogP contribution < -0.4 is 0 Å². The van der Waals surface area contributed by atoms with Gasteiger partial charge in [0.2, 0.25) is 11.8 Å². The van der Waals surface area contributed by atoms with Crippen LogP contribution in [0.3, 0.4) is 0 Å². The summed E-state index contributed by atoms with van der Waals surface area (Å²) in [5.74, 6) is -0.352. The molecule has 1 aromatic heterocycles. The number of aryl methyl sites for hydroxylation is 1. The Hall–Kier alpha value is -1.85. The third-order valence-electron chi connectivity index (χ3n) is 5.13. The molecular weight excluding hydrogens is 380 g/mol. The lowest BCUT2D eigenvalue weighted by atomic mass is 9.90. The number of fused-ring (bicyclic) bond motifs is 1. The summed E-state index contributed by atoms with van der Waals surface area (Å²) in [6.07, 6.45) is 0.853. The van der Waals surface area contributed by atoms with Crippen LogP contribution in [0.2, 0.25) is 0 Å². The summed E-state index contributed by atoms with van der Waals surface area (Å²) in [7, 11) is 0. The molecule has 0 unspecified atom stereocenters. The Kier molecular flexibility index (Phi) is 6.22. The number of alkyl halides is 1. The molecule has 27 heavy (non-hydrogen) atoms.